The van der Waals surface area contributed by atoms with Gasteiger partial charge in [-0.2, -0.15) is 0 Å². The molecular weight excluding hydrogens is 344 g/mol. The standard InChI is InChI=1S/C18H28O8/c1-5-8-9-13(25-14(20)6-2)17(23)18(26-15(21)7-3)12(19)10-11-16(22)24-4/h6-7,12-13,17-19,23H,2-3,5,8-11H2,1,4H3. The largest absolute Gasteiger partial charge is 0.469 e. The number of esters is 3. The van der Waals surface area contributed by atoms with Crippen molar-refractivity contribution in [1.29, 1.82) is 0 Å². The summed E-state index contributed by atoms with van der Waals surface area (Å²) in [5.74, 6) is -2.17. The van der Waals surface area contributed by atoms with Crippen LogP contribution >= 0.6 is 0 Å². The highest BCUT2D eigenvalue weighted by atomic mass is 16.6. The number of aliphatic hydroxyl groups excluding tert-OH is 2. The lowest BCUT2D eigenvalue weighted by Gasteiger charge is -2.31. The molecule has 26 heavy (non-hydrogen) atoms. The summed E-state index contributed by atoms with van der Waals surface area (Å²) in [7, 11) is 1.20. The van der Waals surface area contributed by atoms with Gasteiger partial charge in [0, 0.05) is 18.6 Å². The minimum atomic E-state index is -1.50. The highest BCUT2D eigenvalue weighted by molar-refractivity contribution is 5.82. The van der Waals surface area contributed by atoms with Gasteiger partial charge in [-0.15, -0.1) is 0 Å². The summed E-state index contributed by atoms with van der Waals surface area (Å²) in [6.45, 7) is 8.48. The van der Waals surface area contributed by atoms with Crippen LogP contribution in [0.15, 0.2) is 25.3 Å². The van der Waals surface area contributed by atoms with Crippen LogP contribution in [0.3, 0.4) is 0 Å². The first kappa shape index (κ1) is 23.8. The smallest absolute Gasteiger partial charge is 0.330 e. The van der Waals surface area contributed by atoms with Crippen LogP contribution in [0, 0.1) is 0 Å². The quantitative estimate of drug-likeness (QED) is 0.280. The molecule has 0 heterocycles. The van der Waals surface area contributed by atoms with Gasteiger partial charge in [-0.1, -0.05) is 26.5 Å². The van der Waals surface area contributed by atoms with Crippen LogP contribution in [0.1, 0.15) is 39.0 Å². The fraction of sp³-hybridized carbons (Fsp3) is 0.611. The summed E-state index contributed by atoms with van der Waals surface area (Å²) in [6, 6.07) is 0. The van der Waals surface area contributed by atoms with Crippen molar-refractivity contribution in [3.8, 4) is 0 Å². The number of ether oxygens (including phenoxy) is 3. The number of unbranched alkanes of at least 4 members (excludes halogenated alkanes) is 1. The van der Waals surface area contributed by atoms with Gasteiger partial charge in [0.25, 0.3) is 0 Å². The highest BCUT2D eigenvalue weighted by Gasteiger charge is 2.37. The fourth-order valence-corrected chi connectivity index (χ4v) is 2.20. The third-order valence-corrected chi connectivity index (χ3v) is 3.66. The van der Waals surface area contributed by atoms with E-state index in [2.05, 4.69) is 17.9 Å². The van der Waals surface area contributed by atoms with Crippen molar-refractivity contribution in [2.24, 2.45) is 0 Å². The Hall–Kier alpha value is -2.19. The normalized spacial score (nSPS) is 15.1. The molecule has 8 heteroatoms. The van der Waals surface area contributed by atoms with Gasteiger partial charge in [0.2, 0.25) is 0 Å². The molecule has 0 aliphatic heterocycles. The van der Waals surface area contributed by atoms with E-state index in [-0.39, 0.29) is 12.8 Å². The summed E-state index contributed by atoms with van der Waals surface area (Å²) in [4.78, 5) is 34.3. The van der Waals surface area contributed by atoms with Crippen molar-refractivity contribution in [3.63, 3.8) is 0 Å². The Morgan fingerprint density at radius 3 is 2.12 bits per heavy atom. The van der Waals surface area contributed by atoms with E-state index in [9.17, 15) is 24.6 Å². The average Bonchev–Trinajstić information content (AvgIpc) is 2.65. The molecule has 0 fully saturated rings. The molecule has 0 saturated heterocycles. The highest BCUT2D eigenvalue weighted by Crippen LogP contribution is 2.20. The molecule has 4 atom stereocenters. The van der Waals surface area contributed by atoms with Gasteiger partial charge in [0.1, 0.15) is 12.2 Å². The van der Waals surface area contributed by atoms with Crippen molar-refractivity contribution in [3.05, 3.63) is 25.3 Å². The zero-order valence-electron chi connectivity index (χ0n) is 15.3. The Bertz CT molecular complexity index is 488. The monoisotopic (exact) mass is 372 g/mol. The van der Waals surface area contributed by atoms with E-state index >= 15 is 0 Å². The molecule has 4 unspecified atom stereocenters. The Balaban J connectivity index is 5.31. The van der Waals surface area contributed by atoms with E-state index in [1.54, 1.807) is 0 Å². The molecule has 2 N–H and O–H groups in total. The Kier molecular flexibility index (Phi) is 12.0. The summed E-state index contributed by atoms with van der Waals surface area (Å²) in [5.41, 5.74) is 0. The van der Waals surface area contributed by atoms with Crippen molar-refractivity contribution >= 4 is 17.9 Å². The summed E-state index contributed by atoms with van der Waals surface area (Å²) in [6.07, 6.45) is -2.03. The maximum Gasteiger partial charge on any atom is 0.330 e. The van der Waals surface area contributed by atoms with E-state index < -0.39 is 42.3 Å². The average molecular weight is 372 g/mol. The molecule has 0 aliphatic rings. The second-order valence-electron chi connectivity index (χ2n) is 5.60. The van der Waals surface area contributed by atoms with Crippen molar-refractivity contribution < 1.29 is 38.8 Å². The van der Waals surface area contributed by atoms with Gasteiger partial charge in [0.15, 0.2) is 6.10 Å². The molecule has 0 bridgehead atoms. The molecule has 0 radical (unpaired) electrons. The maximum atomic E-state index is 11.6. The molecule has 0 amide bonds. The predicted octanol–water partition coefficient (Wildman–Crippen LogP) is 1.05. The van der Waals surface area contributed by atoms with Crippen LogP contribution in [-0.4, -0.2) is 59.6 Å². The second-order valence-corrected chi connectivity index (χ2v) is 5.60. The molecule has 0 saturated carbocycles. The van der Waals surface area contributed by atoms with Gasteiger partial charge in [-0.25, -0.2) is 9.59 Å². The van der Waals surface area contributed by atoms with Gasteiger partial charge in [0.05, 0.1) is 13.2 Å². The molecule has 0 spiro atoms. The van der Waals surface area contributed by atoms with Gasteiger partial charge >= 0.3 is 17.9 Å². The molecule has 0 aromatic rings. The summed E-state index contributed by atoms with van der Waals surface area (Å²) in [5, 5.41) is 20.9. The molecule has 0 aliphatic carbocycles. The van der Waals surface area contributed by atoms with Crippen LogP contribution in [0.5, 0.6) is 0 Å². The van der Waals surface area contributed by atoms with E-state index in [0.717, 1.165) is 18.6 Å². The lowest BCUT2D eigenvalue weighted by Crippen LogP contribution is -2.48. The fourth-order valence-electron chi connectivity index (χ4n) is 2.20. The number of carbonyl (C=O) groups excluding carboxylic acids is 3. The zero-order chi connectivity index (χ0) is 20.1. The number of hydrogen-bond acceptors (Lipinski definition) is 8. The minimum Gasteiger partial charge on any atom is -0.469 e. The van der Waals surface area contributed by atoms with E-state index in [1.807, 2.05) is 6.92 Å². The van der Waals surface area contributed by atoms with Crippen LogP contribution < -0.4 is 0 Å². The van der Waals surface area contributed by atoms with Crippen molar-refractivity contribution in [2.75, 3.05) is 7.11 Å². The van der Waals surface area contributed by atoms with E-state index in [0.29, 0.717) is 12.8 Å². The maximum absolute atomic E-state index is 11.6. The molecule has 0 rings (SSSR count). The van der Waals surface area contributed by atoms with Crippen molar-refractivity contribution in [2.45, 2.75) is 63.4 Å². The number of methoxy groups -OCH3 is 1. The molecular formula is C18H28O8. The summed E-state index contributed by atoms with van der Waals surface area (Å²) >= 11 is 0. The molecule has 148 valence electrons. The van der Waals surface area contributed by atoms with Gasteiger partial charge in [-0.3, -0.25) is 4.79 Å². The Labute approximate surface area is 153 Å². The van der Waals surface area contributed by atoms with Crippen LogP contribution in [0.25, 0.3) is 0 Å². The predicted molar refractivity (Wildman–Crippen MR) is 92.9 cm³/mol. The number of aliphatic hydroxyl groups is 2. The number of hydrogen-bond donors (Lipinski definition) is 2. The lowest BCUT2D eigenvalue weighted by atomic mass is 9.96. The number of rotatable bonds is 13. The van der Waals surface area contributed by atoms with Crippen LogP contribution in [0.4, 0.5) is 0 Å². The Morgan fingerprint density at radius 2 is 1.62 bits per heavy atom. The topological polar surface area (TPSA) is 119 Å². The number of carbonyl (C=O) groups is 3. The first-order valence-electron chi connectivity index (χ1n) is 8.39. The van der Waals surface area contributed by atoms with E-state index in [1.165, 1.54) is 7.11 Å². The SMILES string of the molecule is C=CC(=O)OC(CCCC)C(O)C(OC(=O)C=C)C(O)CCC(=O)OC. The first-order valence-corrected chi connectivity index (χ1v) is 8.39. The van der Waals surface area contributed by atoms with Gasteiger partial charge in [-0.05, 0) is 19.3 Å². The summed E-state index contributed by atoms with van der Waals surface area (Å²) < 4.78 is 14.7. The van der Waals surface area contributed by atoms with Crippen LogP contribution in [-0.2, 0) is 28.6 Å². The van der Waals surface area contributed by atoms with Crippen LogP contribution in [0.2, 0.25) is 0 Å². The third-order valence-electron chi connectivity index (χ3n) is 3.66. The van der Waals surface area contributed by atoms with Gasteiger partial charge < -0.3 is 24.4 Å². The molecule has 0 aromatic heterocycles. The minimum absolute atomic E-state index is 0.116. The van der Waals surface area contributed by atoms with Crippen molar-refractivity contribution in [1.82, 2.24) is 0 Å². The molecule has 0 aromatic carbocycles. The lowest BCUT2D eigenvalue weighted by molar-refractivity contribution is -0.176. The second kappa shape index (κ2) is 13.1. The first-order chi connectivity index (χ1) is 12.3. The third kappa shape index (κ3) is 8.77. The molecule has 8 nitrogen and oxygen atoms in total. The zero-order valence-corrected chi connectivity index (χ0v) is 15.3. The Morgan fingerprint density at radius 1 is 1.04 bits per heavy atom. The van der Waals surface area contributed by atoms with E-state index in [4.69, 9.17) is 9.47 Å².